The third-order valence-corrected chi connectivity index (χ3v) is 12.9. The predicted octanol–water partition coefficient (Wildman–Crippen LogP) is 7.89. The number of fused-ring (bicyclic) bond motifs is 3. The van der Waals surface area contributed by atoms with E-state index in [1.165, 1.54) is 14.2 Å². The first-order valence-corrected chi connectivity index (χ1v) is 20.2. The van der Waals surface area contributed by atoms with Crippen LogP contribution in [-0.2, 0) is 19.1 Å². The smallest absolute Gasteiger partial charge is 0.407 e. The van der Waals surface area contributed by atoms with Crippen LogP contribution in [0.5, 0.6) is 0 Å². The van der Waals surface area contributed by atoms with E-state index in [0.29, 0.717) is 42.5 Å². The molecule has 0 aliphatic carbocycles. The zero-order valence-electron chi connectivity index (χ0n) is 31.6. The molecule has 0 saturated carbocycles. The summed E-state index contributed by atoms with van der Waals surface area (Å²) in [4.78, 5) is 65.5. The summed E-state index contributed by atoms with van der Waals surface area (Å²) in [6.45, 7) is 6.84. The number of carbonyl (C=O) groups is 4. The van der Waals surface area contributed by atoms with Gasteiger partial charge in [0.2, 0.25) is 23.6 Å². The second kappa shape index (κ2) is 15.2. The van der Waals surface area contributed by atoms with E-state index in [4.69, 9.17) is 23.5 Å². The van der Waals surface area contributed by atoms with Gasteiger partial charge in [0.15, 0.2) is 11.2 Å². The Morgan fingerprint density at radius 1 is 0.839 bits per heavy atom. The van der Waals surface area contributed by atoms with Gasteiger partial charge in [0, 0.05) is 32.2 Å². The van der Waals surface area contributed by atoms with E-state index in [1.807, 2.05) is 50.2 Å². The molecule has 0 bridgehead atoms. The van der Waals surface area contributed by atoms with Crippen molar-refractivity contribution in [3.63, 3.8) is 0 Å². The molecule has 0 radical (unpaired) electrons. The van der Waals surface area contributed by atoms with Gasteiger partial charge in [0.1, 0.15) is 35.7 Å². The largest absolute Gasteiger partial charge is 0.453 e. The Kier molecular flexibility index (Phi) is 10.2. The lowest BCUT2D eigenvalue weighted by Crippen LogP contribution is -2.51. The van der Waals surface area contributed by atoms with Crippen LogP contribution >= 0.6 is 22.7 Å². The Labute approximate surface area is 330 Å². The first kappa shape index (κ1) is 37.4. The molecule has 2 N–H and O–H groups in total. The van der Waals surface area contributed by atoms with Crippen LogP contribution in [0.15, 0.2) is 57.4 Å². The van der Waals surface area contributed by atoms with Crippen molar-refractivity contribution in [1.82, 2.24) is 30.4 Å². The number of nitrogens with one attached hydrogen (secondary N) is 2. The van der Waals surface area contributed by atoms with Crippen molar-refractivity contribution in [3.05, 3.63) is 60.3 Å². The van der Waals surface area contributed by atoms with Crippen molar-refractivity contribution < 1.29 is 37.5 Å². The van der Waals surface area contributed by atoms with E-state index in [1.54, 1.807) is 32.5 Å². The molecule has 56 heavy (non-hydrogen) atoms. The van der Waals surface area contributed by atoms with E-state index >= 15 is 0 Å². The lowest BCUT2D eigenvalue weighted by atomic mass is 10.0. The molecule has 14 nitrogen and oxygen atoms in total. The van der Waals surface area contributed by atoms with Gasteiger partial charge in [0.05, 0.1) is 14.2 Å². The molecule has 4 atom stereocenters. The van der Waals surface area contributed by atoms with Crippen molar-refractivity contribution in [2.45, 2.75) is 58.2 Å². The number of aromatic nitrogens is 2. The Balaban J connectivity index is 0.991. The highest BCUT2D eigenvalue weighted by Gasteiger charge is 2.41. The second-order valence-electron chi connectivity index (χ2n) is 14.7. The minimum atomic E-state index is -0.728. The number of amides is 4. The number of thiophene rings is 2. The number of oxazole rings is 2. The summed E-state index contributed by atoms with van der Waals surface area (Å²) in [5, 5.41) is 5.16. The van der Waals surface area contributed by atoms with E-state index in [9.17, 15) is 19.2 Å². The molecule has 2 aromatic carbocycles. The molecule has 6 aromatic rings. The molecule has 4 aromatic heterocycles. The Morgan fingerprint density at radius 3 is 2.00 bits per heavy atom. The van der Waals surface area contributed by atoms with Gasteiger partial charge in [-0.05, 0) is 90.8 Å². The molecule has 0 spiro atoms. The molecular weight excluding hydrogens is 757 g/mol. The fourth-order valence-corrected chi connectivity index (χ4v) is 10.0. The third kappa shape index (κ3) is 7.18. The maximum absolute atomic E-state index is 13.7. The fourth-order valence-electron chi connectivity index (χ4n) is 7.65. The van der Waals surface area contributed by atoms with E-state index < -0.39 is 18.2 Å². The van der Waals surface area contributed by atoms with Gasteiger partial charge in [-0.3, -0.25) is 9.59 Å². The highest BCUT2D eigenvalue weighted by molar-refractivity contribution is 7.31. The number of carbonyl (C=O) groups excluding carboxylic acids is 4. The average Bonchev–Trinajstić information content (AvgIpc) is 4.04. The number of benzene rings is 2. The SMILES string of the molecule is COC(=O)NCC(=O)N1CCC[C@H]1c1nc2cc(-c3cc4sc(-c5ccc6oc(C7C[C@H](C)CN7C(=O)[C@@H](NC(=O)OC)C(C)C)nc6c5)cc4s3)ccc2o1. The number of nitrogens with zero attached hydrogens (tertiary/aromatic N) is 4. The number of ether oxygens (including phenoxy) is 2. The van der Waals surface area contributed by atoms with Gasteiger partial charge in [-0.1, -0.05) is 20.8 Å². The average molecular weight is 799 g/mol. The van der Waals surface area contributed by atoms with Crippen LogP contribution in [0.2, 0.25) is 0 Å². The number of alkyl carbamates (subject to hydrolysis) is 2. The van der Waals surface area contributed by atoms with Crippen molar-refractivity contribution in [3.8, 4) is 20.9 Å². The van der Waals surface area contributed by atoms with Gasteiger partial charge >= 0.3 is 12.2 Å². The summed E-state index contributed by atoms with van der Waals surface area (Å²) in [6, 6.07) is 15.0. The minimum Gasteiger partial charge on any atom is -0.453 e. The van der Waals surface area contributed by atoms with Gasteiger partial charge < -0.3 is 38.7 Å². The Bertz CT molecular complexity index is 2430. The Hall–Kier alpha value is -5.48. The summed E-state index contributed by atoms with van der Waals surface area (Å²) in [7, 11) is 2.54. The summed E-state index contributed by atoms with van der Waals surface area (Å²) in [5.74, 6) is 0.697. The van der Waals surface area contributed by atoms with Crippen LogP contribution in [0, 0.1) is 11.8 Å². The molecule has 1 unspecified atom stereocenters. The number of methoxy groups -OCH3 is 2. The molecule has 292 valence electrons. The summed E-state index contributed by atoms with van der Waals surface area (Å²) in [6.07, 6.45) is 0.966. The molecule has 8 rings (SSSR count). The van der Waals surface area contributed by atoms with Crippen LogP contribution < -0.4 is 10.6 Å². The van der Waals surface area contributed by atoms with Crippen molar-refractivity contribution in [2.24, 2.45) is 11.8 Å². The third-order valence-electron chi connectivity index (χ3n) is 10.5. The van der Waals surface area contributed by atoms with E-state index in [0.717, 1.165) is 54.2 Å². The summed E-state index contributed by atoms with van der Waals surface area (Å²) in [5.41, 5.74) is 4.80. The number of likely N-dealkylation sites (tertiary alicyclic amines) is 2. The highest BCUT2D eigenvalue weighted by Crippen LogP contribution is 2.44. The molecular formula is C40H42N6O8S2. The number of rotatable bonds is 9. The number of hydrogen-bond donors (Lipinski definition) is 2. The molecule has 6 heterocycles. The van der Waals surface area contributed by atoms with Crippen molar-refractivity contribution in [2.75, 3.05) is 33.9 Å². The highest BCUT2D eigenvalue weighted by atomic mass is 32.1. The van der Waals surface area contributed by atoms with Crippen LogP contribution in [0.4, 0.5) is 9.59 Å². The molecule has 2 aliphatic rings. The minimum absolute atomic E-state index is 0.135. The normalized spacial score (nSPS) is 19.0. The van der Waals surface area contributed by atoms with Gasteiger partial charge in [-0.15, -0.1) is 22.7 Å². The maximum atomic E-state index is 13.7. The van der Waals surface area contributed by atoms with E-state index in [2.05, 4.69) is 34.4 Å². The Morgan fingerprint density at radius 2 is 1.43 bits per heavy atom. The van der Waals surface area contributed by atoms with Crippen LogP contribution in [0.1, 0.15) is 63.9 Å². The van der Waals surface area contributed by atoms with Crippen molar-refractivity contribution >= 4 is 78.3 Å². The summed E-state index contributed by atoms with van der Waals surface area (Å²) < 4.78 is 24.1. The molecule has 2 aliphatic heterocycles. The topological polar surface area (TPSA) is 169 Å². The van der Waals surface area contributed by atoms with Gasteiger partial charge in [-0.2, -0.15) is 0 Å². The standard InChI is InChI=1S/C40H42N6O8S2/c1-20(2)35(44-40(50)52-5)38(48)46-19-21(3)13-27(46)37-43-25-15-23(9-11-29(25)54-37)31-17-33-32(56-31)16-30(55-33)22-8-10-28-24(14-22)42-36(53-28)26-7-6-12-45(26)34(47)18-41-39(49)51-4/h8-11,14-17,20-21,26-27,35H,6-7,12-13,18-19H2,1-5H3,(H,41,49)(H,44,50)/t21-,26-,27?,35-/m0/s1. The molecule has 16 heteroatoms. The first-order valence-electron chi connectivity index (χ1n) is 18.6. The molecule has 2 fully saturated rings. The lowest BCUT2D eigenvalue weighted by molar-refractivity contribution is -0.136. The first-order chi connectivity index (χ1) is 27.0. The summed E-state index contributed by atoms with van der Waals surface area (Å²) >= 11 is 3.41. The molecule has 4 amide bonds. The monoisotopic (exact) mass is 798 g/mol. The number of hydrogen-bond acceptors (Lipinski definition) is 12. The predicted molar refractivity (Wildman–Crippen MR) is 212 cm³/mol. The lowest BCUT2D eigenvalue weighted by Gasteiger charge is -2.29. The van der Waals surface area contributed by atoms with E-state index in [-0.39, 0.29) is 42.3 Å². The zero-order valence-corrected chi connectivity index (χ0v) is 33.3. The second-order valence-corrected chi connectivity index (χ2v) is 16.9. The van der Waals surface area contributed by atoms with Crippen molar-refractivity contribution in [1.29, 1.82) is 0 Å². The van der Waals surface area contributed by atoms with Gasteiger partial charge in [0.25, 0.3) is 0 Å². The zero-order chi connectivity index (χ0) is 39.2. The van der Waals surface area contributed by atoms with Crippen LogP contribution in [-0.4, -0.2) is 83.7 Å². The quantitative estimate of drug-likeness (QED) is 0.147. The van der Waals surface area contributed by atoms with Gasteiger partial charge in [-0.25, -0.2) is 19.6 Å². The fraction of sp³-hybridized carbons (Fsp3) is 0.400. The van der Waals surface area contributed by atoms with Crippen LogP contribution in [0.25, 0.3) is 52.5 Å². The maximum Gasteiger partial charge on any atom is 0.407 e. The molecule has 2 saturated heterocycles. The van der Waals surface area contributed by atoms with Crippen LogP contribution in [0.3, 0.4) is 0 Å².